The average molecular weight is 401 g/mol. The van der Waals surface area contributed by atoms with Crippen LogP contribution in [0.25, 0.3) is 22.3 Å². The highest BCUT2D eigenvalue weighted by molar-refractivity contribution is 5.81. The Labute approximate surface area is 170 Å². The van der Waals surface area contributed by atoms with Crippen LogP contribution in [0.2, 0.25) is 0 Å². The SMILES string of the molecule is CC(Nc1ncnc(N)c1C#N)c1c(-c2ccccc2)oc2c(F)cccc2c1=O. The number of nitrogens with one attached hydrogen (secondary N) is 1. The minimum atomic E-state index is -0.634. The van der Waals surface area contributed by atoms with Gasteiger partial charge in [0.2, 0.25) is 0 Å². The molecule has 2 heterocycles. The number of hydrogen-bond donors (Lipinski definition) is 2. The van der Waals surface area contributed by atoms with Gasteiger partial charge < -0.3 is 15.5 Å². The van der Waals surface area contributed by atoms with Crippen molar-refractivity contribution in [2.24, 2.45) is 0 Å². The maximum Gasteiger partial charge on any atom is 0.198 e. The summed E-state index contributed by atoms with van der Waals surface area (Å²) in [5.74, 6) is -0.170. The number of nitrogens with zero attached hydrogens (tertiary/aromatic N) is 3. The van der Waals surface area contributed by atoms with Crippen molar-refractivity contribution in [1.29, 1.82) is 5.26 Å². The summed E-state index contributed by atoms with van der Waals surface area (Å²) in [5, 5.41) is 12.5. The number of aromatic nitrogens is 2. The smallest absolute Gasteiger partial charge is 0.198 e. The highest BCUT2D eigenvalue weighted by atomic mass is 19.1. The molecule has 4 aromatic rings. The van der Waals surface area contributed by atoms with Crippen LogP contribution in [0.1, 0.15) is 24.1 Å². The van der Waals surface area contributed by atoms with Crippen LogP contribution in [-0.4, -0.2) is 9.97 Å². The zero-order chi connectivity index (χ0) is 21.3. The third kappa shape index (κ3) is 3.22. The summed E-state index contributed by atoms with van der Waals surface area (Å²) < 4.78 is 20.3. The number of hydrogen-bond acceptors (Lipinski definition) is 7. The van der Waals surface area contributed by atoms with Gasteiger partial charge in [0.25, 0.3) is 0 Å². The zero-order valence-corrected chi connectivity index (χ0v) is 15.9. The molecule has 7 nitrogen and oxygen atoms in total. The molecule has 2 aromatic heterocycles. The van der Waals surface area contributed by atoms with E-state index in [0.717, 1.165) is 0 Å². The highest BCUT2D eigenvalue weighted by Gasteiger charge is 2.23. The van der Waals surface area contributed by atoms with Crippen molar-refractivity contribution in [2.75, 3.05) is 11.1 Å². The van der Waals surface area contributed by atoms with Crippen molar-refractivity contribution in [3.8, 4) is 17.4 Å². The van der Waals surface area contributed by atoms with Gasteiger partial charge in [0.05, 0.1) is 17.0 Å². The normalized spacial score (nSPS) is 11.8. The lowest BCUT2D eigenvalue weighted by atomic mass is 9.99. The predicted molar refractivity (Wildman–Crippen MR) is 111 cm³/mol. The van der Waals surface area contributed by atoms with Crippen molar-refractivity contribution in [1.82, 2.24) is 9.97 Å². The summed E-state index contributed by atoms with van der Waals surface area (Å²) in [5.41, 5.74) is 6.23. The topological polar surface area (TPSA) is 118 Å². The molecule has 0 saturated heterocycles. The first kappa shape index (κ1) is 19.1. The van der Waals surface area contributed by atoms with Gasteiger partial charge in [0.1, 0.15) is 35.4 Å². The van der Waals surface area contributed by atoms with E-state index in [0.29, 0.717) is 5.56 Å². The first-order chi connectivity index (χ1) is 14.5. The lowest BCUT2D eigenvalue weighted by molar-refractivity contribution is 0.553. The summed E-state index contributed by atoms with van der Waals surface area (Å²) in [4.78, 5) is 21.2. The van der Waals surface area contributed by atoms with Crippen molar-refractivity contribution in [2.45, 2.75) is 13.0 Å². The summed E-state index contributed by atoms with van der Waals surface area (Å²) in [6.45, 7) is 1.73. The van der Waals surface area contributed by atoms with E-state index in [-0.39, 0.29) is 44.9 Å². The molecule has 0 radical (unpaired) electrons. The molecule has 0 aliphatic rings. The fourth-order valence-corrected chi connectivity index (χ4v) is 3.29. The van der Waals surface area contributed by atoms with E-state index in [9.17, 15) is 14.4 Å². The van der Waals surface area contributed by atoms with E-state index >= 15 is 0 Å². The lowest BCUT2D eigenvalue weighted by Crippen LogP contribution is -2.20. The van der Waals surface area contributed by atoms with E-state index < -0.39 is 11.9 Å². The molecule has 1 atom stereocenters. The second kappa shape index (κ2) is 7.64. The van der Waals surface area contributed by atoms with Gasteiger partial charge in [-0.25, -0.2) is 14.4 Å². The lowest BCUT2D eigenvalue weighted by Gasteiger charge is -2.19. The van der Waals surface area contributed by atoms with Crippen molar-refractivity contribution in [3.05, 3.63) is 82.0 Å². The van der Waals surface area contributed by atoms with Gasteiger partial charge in [0, 0.05) is 5.56 Å². The Morgan fingerprint density at radius 2 is 1.93 bits per heavy atom. The molecular formula is C22H16FN5O2. The van der Waals surface area contributed by atoms with Gasteiger partial charge in [-0.05, 0) is 19.1 Å². The molecule has 1 unspecified atom stereocenters. The molecular weight excluding hydrogens is 385 g/mol. The summed E-state index contributed by atoms with van der Waals surface area (Å²) >= 11 is 0. The van der Waals surface area contributed by atoms with E-state index in [1.165, 1.54) is 24.5 Å². The Kier molecular flexibility index (Phi) is 4.86. The maximum absolute atomic E-state index is 14.4. The van der Waals surface area contributed by atoms with Crippen LogP contribution >= 0.6 is 0 Å². The van der Waals surface area contributed by atoms with E-state index in [1.807, 2.05) is 12.1 Å². The van der Waals surface area contributed by atoms with Crippen molar-refractivity contribution in [3.63, 3.8) is 0 Å². The molecule has 0 bridgehead atoms. The molecule has 2 aromatic carbocycles. The Hall–Kier alpha value is -4.25. The Morgan fingerprint density at radius 1 is 1.17 bits per heavy atom. The zero-order valence-electron chi connectivity index (χ0n) is 15.9. The van der Waals surface area contributed by atoms with E-state index in [4.69, 9.17) is 10.2 Å². The van der Waals surface area contributed by atoms with Crippen LogP contribution < -0.4 is 16.5 Å². The molecule has 3 N–H and O–H groups in total. The summed E-state index contributed by atoms with van der Waals surface area (Å²) in [7, 11) is 0. The molecule has 0 aliphatic heterocycles. The van der Waals surface area contributed by atoms with Crippen LogP contribution in [0.15, 0.2) is 64.1 Å². The van der Waals surface area contributed by atoms with Crippen molar-refractivity contribution < 1.29 is 8.81 Å². The van der Waals surface area contributed by atoms with Crippen LogP contribution in [0.4, 0.5) is 16.0 Å². The maximum atomic E-state index is 14.4. The number of rotatable bonds is 4. The number of anilines is 2. The fraction of sp³-hybridized carbons (Fsp3) is 0.0909. The molecule has 8 heteroatoms. The highest BCUT2D eigenvalue weighted by Crippen LogP contribution is 2.32. The van der Waals surface area contributed by atoms with Gasteiger partial charge in [-0.15, -0.1) is 0 Å². The number of benzene rings is 2. The minimum absolute atomic E-state index is 0.0260. The number of halogens is 1. The Bertz CT molecular complexity index is 1350. The van der Waals surface area contributed by atoms with Gasteiger partial charge in [-0.3, -0.25) is 4.79 Å². The van der Waals surface area contributed by atoms with E-state index in [1.54, 1.807) is 31.2 Å². The number of nitrogens with two attached hydrogens (primary N) is 1. The number of para-hydroxylation sites is 1. The predicted octanol–water partition coefficient (Wildman–Crippen LogP) is 4.02. The molecule has 0 aliphatic carbocycles. The summed E-state index contributed by atoms with van der Waals surface area (Å²) in [6, 6.07) is 14.5. The van der Waals surface area contributed by atoms with Crippen LogP contribution in [0.3, 0.4) is 0 Å². The molecule has 148 valence electrons. The van der Waals surface area contributed by atoms with E-state index in [2.05, 4.69) is 15.3 Å². The largest absolute Gasteiger partial charge is 0.452 e. The van der Waals surface area contributed by atoms with Crippen molar-refractivity contribution >= 4 is 22.6 Å². The minimum Gasteiger partial charge on any atom is -0.452 e. The van der Waals surface area contributed by atoms with Gasteiger partial charge >= 0.3 is 0 Å². The van der Waals surface area contributed by atoms with Crippen LogP contribution in [0, 0.1) is 17.1 Å². The molecule has 4 rings (SSSR count). The molecule has 30 heavy (non-hydrogen) atoms. The second-order valence-corrected chi connectivity index (χ2v) is 6.62. The third-order valence-corrected chi connectivity index (χ3v) is 4.72. The third-order valence-electron chi connectivity index (χ3n) is 4.72. The first-order valence-corrected chi connectivity index (χ1v) is 9.09. The Balaban J connectivity index is 1.94. The average Bonchev–Trinajstić information content (AvgIpc) is 2.75. The number of nitrogen functional groups attached to an aromatic ring is 1. The molecule has 0 spiro atoms. The Morgan fingerprint density at radius 3 is 2.67 bits per heavy atom. The summed E-state index contributed by atoms with van der Waals surface area (Å²) in [6.07, 6.45) is 1.22. The van der Waals surface area contributed by atoms with Gasteiger partial charge in [-0.1, -0.05) is 36.4 Å². The van der Waals surface area contributed by atoms with Crippen LogP contribution in [-0.2, 0) is 0 Å². The molecule has 0 amide bonds. The quantitative estimate of drug-likeness (QED) is 0.530. The van der Waals surface area contributed by atoms with Gasteiger partial charge in [0.15, 0.2) is 16.8 Å². The molecule has 0 fully saturated rings. The monoisotopic (exact) mass is 401 g/mol. The van der Waals surface area contributed by atoms with Gasteiger partial charge in [-0.2, -0.15) is 5.26 Å². The fourth-order valence-electron chi connectivity index (χ4n) is 3.29. The first-order valence-electron chi connectivity index (χ1n) is 9.09. The number of nitriles is 1. The molecule has 0 saturated carbocycles. The standard InChI is InChI=1S/C22H16FN5O2/c1-12(28-22-15(10-24)21(25)26-11-27-22)17-18(29)14-8-5-9-16(23)20(14)30-19(17)13-6-3-2-4-7-13/h2-9,11-12H,1H3,(H3,25,26,27,28). The second-order valence-electron chi connectivity index (χ2n) is 6.62. The number of fused-ring (bicyclic) bond motifs is 1. The van der Waals surface area contributed by atoms with Crippen LogP contribution in [0.5, 0.6) is 0 Å².